The Morgan fingerprint density at radius 2 is 1.94 bits per heavy atom. The van der Waals surface area contributed by atoms with Gasteiger partial charge in [-0.2, -0.15) is 13.2 Å². The van der Waals surface area contributed by atoms with Gasteiger partial charge in [0.1, 0.15) is 0 Å². The lowest BCUT2D eigenvalue weighted by atomic mass is 10.1. The Labute approximate surface area is 91.5 Å². The maximum Gasteiger partial charge on any atom is 0.416 e. The first-order valence-electron chi connectivity index (χ1n) is 4.71. The largest absolute Gasteiger partial charge is 0.416 e. The first-order valence-corrected chi connectivity index (χ1v) is 4.71. The van der Waals surface area contributed by atoms with Crippen molar-refractivity contribution in [2.24, 2.45) is 0 Å². The summed E-state index contributed by atoms with van der Waals surface area (Å²) < 4.78 is 37.4. The van der Waals surface area contributed by atoms with E-state index in [1.807, 2.05) is 0 Å². The third-order valence-corrected chi connectivity index (χ3v) is 2.01. The van der Waals surface area contributed by atoms with Gasteiger partial charge in [-0.3, -0.25) is 4.79 Å². The van der Waals surface area contributed by atoms with Gasteiger partial charge in [-0.25, -0.2) is 0 Å². The Morgan fingerprint density at radius 3 is 2.44 bits per heavy atom. The summed E-state index contributed by atoms with van der Waals surface area (Å²) in [7, 11) is 0. The van der Waals surface area contributed by atoms with Gasteiger partial charge in [0, 0.05) is 13.5 Å². The van der Waals surface area contributed by atoms with Gasteiger partial charge < -0.3 is 5.32 Å². The maximum atomic E-state index is 12.5. The second-order valence-electron chi connectivity index (χ2n) is 3.61. The fourth-order valence-electron chi connectivity index (χ4n) is 1.35. The van der Waals surface area contributed by atoms with Crippen LogP contribution in [0.15, 0.2) is 18.2 Å². The molecule has 1 rings (SSSR count). The van der Waals surface area contributed by atoms with Gasteiger partial charge in [0.15, 0.2) is 0 Å². The summed E-state index contributed by atoms with van der Waals surface area (Å²) in [5, 5.41) is 2.46. The first kappa shape index (κ1) is 12.5. The van der Waals surface area contributed by atoms with Crippen LogP contribution < -0.4 is 5.32 Å². The van der Waals surface area contributed by atoms with E-state index in [-0.39, 0.29) is 12.5 Å². The zero-order valence-electron chi connectivity index (χ0n) is 8.98. The molecule has 2 nitrogen and oxygen atoms in total. The highest BCUT2D eigenvalue weighted by atomic mass is 19.4. The molecule has 0 aliphatic rings. The molecule has 88 valence electrons. The van der Waals surface area contributed by atoms with E-state index in [0.29, 0.717) is 11.1 Å². The predicted octanol–water partition coefficient (Wildman–Crippen LogP) is 2.65. The lowest BCUT2D eigenvalue weighted by Gasteiger charge is -2.10. The van der Waals surface area contributed by atoms with Crippen molar-refractivity contribution in [3.8, 4) is 0 Å². The van der Waals surface area contributed by atoms with Crippen LogP contribution in [0.25, 0.3) is 0 Å². The molecule has 1 amide bonds. The monoisotopic (exact) mass is 231 g/mol. The van der Waals surface area contributed by atoms with Crippen molar-refractivity contribution in [3.63, 3.8) is 0 Å². The summed E-state index contributed by atoms with van der Waals surface area (Å²) >= 11 is 0. The molecule has 0 radical (unpaired) electrons. The van der Waals surface area contributed by atoms with E-state index in [4.69, 9.17) is 0 Å². The molecule has 16 heavy (non-hydrogen) atoms. The van der Waals surface area contributed by atoms with Gasteiger partial charge in [-0.1, -0.05) is 11.6 Å². The molecule has 0 atom stereocenters. The highest BCUT2D eigenvalue weighted by molar-refractivity contribution is 5.72. The highest BCUT2D eigenvalue weighted by Gasteiger charge is 2.30. The van der Waals surface area contributed by atoms with E-state index in [1.165, 1.54) is 6.92 Å². The number of carbonyl (C=O) groups is 1. The minimum Gasteiger partial charge on any atom is -0.352 e. The van der Waals surface area contributed by atoms with Gasteiger partial charge in [0.25, 0.3) is 0 Å². The molecule has 0 saturated heterocycles. The molecular weight excluding hydrogens is 219 g/mol. The maximum absolute atomic E-state index is 12.5. The molecule has 1 aromatic carbocycles. The zero-order chi connectivity index (χ0) is 12.3. The average molecular weight is 231 g/mol. The number of aryl methyl sites for hydroxylation is 1. The smallest absolute Gasteiger partial charge is 0.352 e. The number of alkyl halides is 3. The van der Waals surface area contributed by atoms with Crippen LogP contribution in [-0.2, 0) is 17.5 Å². The summed E-state index contributed by atoms with van der Waals surface area (Å²) in [4.78, 5) is 10.7. The van der Waals surface area contributed by atoms with Gasteiger partial charge >= 0.3 is 6.18 Å². The second-order valence-corrected chi connectivity index (χ2v) is 3.61. The molecule has 0 bridgehead atoms. The van der Waals surface area contributed by atoms with Gasteiger partial charge in [0.2, 0.25) is 5.91 Å². The lowest BCUT2D eigenvalue weighted by Crippen LogP contribution is -2.19. The van der Waals surface area contributed by atoms with Crippen LogP contribution in [0.4, 0.5) is 13.2 Å². The molecule has 5 heteroatoms. The van der Waals surface area contributed by atoms with Crippen LogP contribution in [-0.4, -0.2) is 5.91 Å². The lowest BCUT2D eigenvalue weighted by molar-refractivity contribution is -0.137. The van der Waals surface area contributed by atoms with E-state index >= 15 is 0 Å². The first-order chi connectivity index (χ1) is 7.29. The molecule has 1 aromatic rings. The fourth-order valence-corrected chi connectivity index (χ4v) is 1.35. The molecule has 0 spiro atoms. The molecule has 0 aliphatic heterocycles. The fraction of sp³-hybridized carbons (Fsp3) is 0.364. The van der Waals surface area contributed by atoms with Crippen molar-refractivity contribution in [2.75, 3.05) is 0 Å². The standard InChI is InChI=1S/C11H12F3NO/c1-7-3-9(6-15-8(2)16)5-10(4-7)11(12,13)14/h3-5H,6H2,1-2H3,(H,15,16). The van der Waals surface area contributed by atoms with Crippen LogP contribution in [0.1, 0.15) is 23.6 Å². The number of carbonyl (C=O) groups excluding carboxylic acids is 1. The Morgan fingerprint density at radius 1 is 1.31 bits per heavy atom. The van der Waals surface area contributed by atoms with Crippen LogP contribution >= 0.6 is 0 Å². The van der Waals surface area contributed by atoms with E-state index in [0.717, 1.165) is 12.1 Å². The molecule has 1 N–H and O–H groups in total. The third kappa shape index (κ3) is 3.56. The van der Waals surface area contributed by atoms with Gasteiger partial charge in [0.05, 0.1) is 5.56 Å². The summed E-state index contributed by atoms with van der Waals surface area (Å²) in [6.07, 6.45) is -4.35. The minimum atomic E-state index is -4.35. The van der Waals surface area contributed by atoms with Crippen LogP contribution in [0, 0.1) is 6.92 Å². The van der Waals surface area contributed by atoms with E-state index < -0.39 is 11.7 Å². The van der Waals surface area contributed by atoms with Crippen molar-refractivity contribution in [1.29, 1.82) is 0 Å². The number of hydrogen-bond acceptors (Lipinski definition) is 1. The normalized spacial score (nSPS) is 11.3. The summed E-state index contributed by atoms with van der Waals surface area (Å²) in [5.41, 5.74) is 0.283. The van der Waals surface area contributed by atoms with E-state index in [9.17, 15) is 18.0 Å². The van der Waals surface area contributed by atoms with Crippen LogP contribution in [0.3, 0.4) is 0 Å². The number of nitrogens with one attached hydrogen (secondary N) is 1. The van der Waals surface area contributed by atoms with Crippen molar-refractivity contribution in [1.82, 2.24) is 5.32 Å². The van der Waals surface area contributed by atoms with Crippen molar-refractivity contribution in [3.05, 3.63) is 34.9 Å². The van der Waals surface area contributed by atoms with Crippen molar-refractivity contribution in [2.45, 2.75) is 26.6 Å². The number of benzene rings is 1. The zero-order valence-corrected chi connectivity index (χ0v) is 8.98. The Hall–Kier alpha value is -1.52. The molecule has 0 heterocycles. The SMILES string of the molecule is CC(=O)NCc1cc(C)cc(C(F)(F)F)c1. The minimum absolute atomic E-state index is 0.111. The molecule has 0 aromatic heterocycles. The predicted molar refractivity (Wildman–Crippen MR) is 53.7 cm³/mol. The van der Waals surface area contributed by atoms with Gasteiger partial charge in [-0.15, -0.1) is 0 Å². The van der Waals surface area contributed by atoms with Crippen LogP contribution in [0.5, 0.6) is 0 Å². The number of halogens is 3. The Balaban J connectivity index is 2.94. The highest BCUT2D eigenvalue weighted by Crippen LogP contribution is 2.30. The Kier molecular flexibility index (Phi) is 3.57. The summed E-state index contributed by atoms with van der Waals surface area (Å²) in [6.45, 7) is 3.02. The summed E-state index contributed by atoms with van der Waals surface area (Å²) in [6, 6.07) is 3.74. The summed E-state index contributed by atoms with van der Waals surface area (Å²) in [5.74, 6) is -0.268. The molecule has 0 aliphatic carbocycles. The van der Waals surface area contributed by atoms with Crippen molar-refractivity contribution < 1.29 is 18.0 Å². The molecular formula is C11H12F3NO. The number of amides is 1. The second kappa shape index (κ2) is 4.55. The number of hydrogen-bond donors (Lipinski definition) is 1. The molecule has 0 unspecified atom stereocenters. The quantitative estimate of drug-likeness (QED) is 0.832. The number of rotatable bonds is 2. The average Bonchev–Trinajstić information content (AvgIpc) is 2.12. The van der Waals surface area contributed by atoms with Gasteiger partial charge in [-0.05, 0) is 24.6 Å². The van der Waals surface area contributed by atoms with E-state index in [1.54, 1.807) is 13.0 Å². The van der Waals surface area contributed by atoms with Crippen LogP contribution in [0.2, 0.25) is 0 Å². The van der Waals surface area contributed by atoms with E-state index in [2.05, 4.69) is 5.32 Å². The third-order valence-electron chi connectivity index (χ3n) is 2.01. The molecule has 0 saturated carbocycles. The molecule has 0 fully saturated rings. The van der Waals surface area contributed by atoms with Crippen molar-refractivity contribution >= 4 is 5.91 Å². The Bertz CT molecular complexity index is 399. The topological polar surface area (TPSA) is 29.1 Å².